The van der Waals surface area contributed by atoms with Crippen molar-refractivity contribution in [2.75, 3.05) is 74.2 Å². The summed E-state index contributed by atoms with van der Waals surface area (Å²) in [4.78, 5) is 41.4. The molecule has 3 heterocycles. The molecule has 0 radical (unpaired) electrons. The number of likely N-dealkylation sites (N-methyl/N-ethyl adjacent to an activating group) is 2. The first kappa shape index (κ1) is 29.2. The van der Waals surface area contributed by atoms with Crippen molar-refractivity contribution in [1.29, 1.82) is 0 Å². The van der Waals surface area contributed by atoms with Crippen LogP contribution in [0.5, 0.6) is 0 Å². The predicted molar refractivity (Wildman–Crippen MR) is 172 cm³/mol. The van der Waals surface area contributed by atoms with Gasteiger partial charge in [0.15, 0.2) is 5.82 Å². The van der Waals surface area contributed by atoms with Crippen LogP contribution in [0, 0.1) is 0 Å². The summed E-state index contributed by atoms with van der Waals surface area (Å²) >= 11 is 1.66. The molecule has 0 aliphatic carbocycles. The second-order valence-corrected chi connectivity index (χ2v) is 11.2. The van der Waals surface area contributed by atoms with E-state index < -0.39 is 0 Å². The molecule has 1 aliphatic rings. The van der Waals surface area contributed by atoms with Crippen LogP contribution in [0.3, 0.4) is 0 Å². The van der Waals surface area contributed by atoms with Crippen molar-refractivity contribution in [3.63, 3.8) is 0 Å². The first-order chi connectivity index (χ1) is 20.4. The highest BCUT2D eigenvalue weighted by atomic mass is 32.1. The van der Waals surface area contributed by atoms with Crippen molar-refractivity contribution in [2.24, 2.45) is 0 Å². The van der Waals surface area contributed by atoms with Crippen LogP contribution < -0.4 is 20.9 Å². The largest absolute Gasteiger partial charge is 0.353 e. The summed E-state index contributed by atoms with van der Waals surface area (Å²) in [5.41, 5.74) is 3.42. The molecule has 0 saturated carbocycles. The van der Waals surface area contributed by atoms with Crippen molar-refractivity contribution < 1.29 is 9.59 Å². The molecule has 2 aromatic heterocycles. The molecule has 3 N–H and O–H groups in total. The number of thiophene rings is 1. The molecular formula is C31H36N8O2S. The number of nitrogens with one attached hydrogen (secondary N) is 3. The Morgan fingerprint density at radius 1 is 0.952 bits per heavy atom. The molecule has 5 rings (SSSR count). The highest BCUT2D eigenvalue weighted by Gasteiger charge is 2.21. The fourth-order valence-electron chi connectivity index (χ4n) is 4.66. The fourth-order valence-corrected chi connectivity index (χ4v) is 5.51. The van der Waals surface area contributed by atoms with E-state index in [1.165, 1.54) is 6.08 Å². The Morgan fingerprint density at radius 3 is 2.45 bits per heavy atom. The summed E-state index contributed by atoms with van der Waals surface area (Å²) < 4.78 is 1.10. The van der Waals surface area contributed by atoms with Crippen LogP contribution in [0.1, 0.15) is 17.3 Å². The summed E-state index contributed by atoms with van der Waals surface area (Å²) in [5.74, 6) is 1.01. The second-order valence-electron chi connectivity index (χ2n) is 10.3. The molecule has 0 unspecified atom stereocenters. The van der Waals surface area contributed by atoms with Gasteiger partial charge in [0.1, 0.15) is 0 Å². The van der Waals surface area contributed by atoms with Gasteiger partial charge in [0.05, 0.1) is 10.2 Å². The molecule has 11 heteroatoms. The van der Waals surface area contributed by atoms with Gasteiger partial charge >= 0.3 is 0 Å². The number of benzene rings is 2. The van der Waals surface area contributed by atoms with E-state index >= 15 is 0 Å². The third kappa shape index (κ3) is 7.49. The topological polar surface area (TPSA) is 106 Å². The maximum Gasteiger partial charge on any atom is 0.255 e. The lowest BCUT2D eigenvalue weighted by Crippen LogP contribution is -2.46. The zero-order valence-electron chi connectivity index (χ0n) is 24.1. The van der Waals surface area contributed by atoms with Crippen LogP contribution in [-0.4, -0.2) is 84.9 Å². The second kappa shape index (κ2) is 13.6. The summed E-state index contributed by atoms with van der Waals surface area (Å²) in [7, 11) is 3.87. The van der Waals surface area contributed by atoms with Gasteiger partial charge in [0.25, 0.3) is 5.91 Å². The van der Waals surface area contributed by atoms with Crippen LogP contribution in [0.15, 0.2) is 72.1 Å². The Hall–Kier alpha value is -4.32. The van der Waals surface area contributed by atoms with Crippen molar-refractivity contribution >= 4 is 62.2 Å². The quantitative estimate of drug-likeness (QED) is 0.227. The van der Waals surface area contributed by atoms with Gasteiger partial charge in [-0.3, -0.25) is 9.59 Å². The van der Waals surface area contributed by atoms with E-state index in [1.54, 1.807) is 41.7 Å². The summed E-state index contributed by atoms with van der Waals surface area (Å²) in [6.45, 7) is 7.83. The van der Waals surface area contributed by atoms with Crippen LogP contribution >= 0.6 is 11.3 Å². The van der Waals surface area contributed by atoms with Crippen molar-refractivity contribution in [3.05, 3.63) is 77.7 Å². The number of aromatic nitrogens is 2. The van der Waals surface area contributed by atoms with Gasteiger partial charge in [0.2, 0.25) is 11.9 Å². The molecule has 0 bridgehead atoms. The lowest BCUT2D eigenvalue weighted by molar-refractivity contribution is -0.111. The molecular weight excluding hydrogens is 548 g/mol. The normalized spacial score (nSPS) is 14.0. The monoisotopic (exact) mass is 584 g/mol. The molecule has 4 aromatic rings. The number of anilines is 5. The van der Waals surface area contributed by atoms with Gasteiger partial charge in [-0.1, -0.05) is 19.1 Å². The minimum Gasteiger partial charge on any atom is -0.353 e. The van der Waals surface area contributed by atoms with Crippen molar-refractivity contribution in [2.45, 2.75) is 6.92 Å². The van der Waals surface area contributed by atoms with E-state index in [1.807, 2.05) is 49.3 Å². The zero-order valence-corrected chi connectivity index (χ0v) is 24.9. The summed E-state index contributed by atoms with van der Waals surface area (Å²) in [6, 6.07) is 16.3. The third-order valence-electron chi connectivity index (χ3n) is 6.94. The smallest absolute Gasteiger partial charge is 0.255 e. The number of carbonyl (C=O) groups is 2. The standard InChI is InChI=1S/C31H36N8O2S/c1-4-38-16-18-39(19-17-38)29-28-26(14-20-42-28)35-31(36-29)34-25-8-5-7-24(21-25)33-30(41)22-10-12-23(13-11-22)32-27(40)9-6-15-37(2)3/h5-14,20-21H,4,15-19H2,1-3H3,(H,32,40)(H,33,41)(H,34,35,36)/b9-6+. The SMILES string of the molecule is CCN1CCN(c2nc(Nc3cccc(NC(=O)c4ccc(NC(=O)/C=C/CN(C)C)cc4)c3)nc3ccsc23)CC1. The Balaban J connectivity index is 1.23. The zero-order chi connectivity index (χ0) is 29.5. The van der Waals surface area contributed by atoms with E-state index in [0.717, 1.165) is 54.4 Å². The molecule has 2 aromatic carbocycles. The predicted octanol–water partition coefficient (Wildman–Crippen LogP) is 4.89. The average Bonchev–Trinajstić information content (AvgIpc) is 3.46. The first-order valence-corrected chi connectivity index (χ1v) is 14.9. The van der Waals surface area contributed by atoms with Crippen LogP contribution in [0.4, 0.5) is 28.8 Å². The summed E-state index contributed by atoms with van der Waals surface area (Å²) in [6.07, 6.45) is 3.29. The van der Waals surface area contributed by atoms with Crippen LogP contribution in [0.2, 0.25) is 0 Å². The van der Waals surface area contributed by atoms with Crippen molar-refractivity contribution in [3.8, 4) is 0 Å². The first-order valence-electron chi connectivity index (χ1n) is 14.0. The Labute approximate surface area is 250 Å². The highest BCUT2D eigenvalue weighted by molar-refractivity contribution is 7.17. The molecule has 0 atom stereocenters. The number of nitrogens with zero attached hydrogens (tertiary/aromatic N) is 5. The van der Waals surface area contributed by atoms with Gasteiger partial charge in [-0.15, -0.1) is 11.3 Å². The molecule has 0 spiro atoms. The number of hydrogen-bond donors (Lipinski definition) is 3. The highest BCUT2D eigenvalue weighted by Crippen LogP contribution is 2.31. The van der Waals surface area contributed by atoms with Gasteiger partial charge in [0, 0.05) is 61.4 Å². The Morgan fingerprint density at radius 2 is 1.71 bits per heavy atom. The molecule has 218 valence electrons. The minimum absolute atomic E-state index is 0.216. The maximum absolute atomic E-state index is 12.9. The number of hydrogen-bond acceptors (Lipinski definition) is 9. The lowest BCUT2D eigenvalue weighted by atomic mass is 10.2. The molecule has 10 nitrogen and oxygen atoms in total. The lowest BCUT2D eigenvalue weighted by Gasteiger charge is -2.35. The average molecular weight is 585 g/mol. The molecule has 2 amide bonds. The van der Waals surface area contributed by atoms with Gasteiger partial charge in [-0.05, 0) is 74.6 Å². The van der Waals surface area contributed by atoms with Crippen LogP contribution in [0.25, 0.3) is 10.2 Å². The number of piperazine rings is 1. The third-order valence-corrected chi connectivity index (χ3v) is 7.84. The Kier molecular flexibility index (Phi) is 9.42. The molecule has 1 fully saturated rings. The van der Waals surface area contributed by atoms with Gasteiger partial charge in [-0.2, -0.15) is 4.98 Å². The minimum atomic E-state index is -0.250. The number of rotatable bonds is 10. The van der Waals surface area contributed by atoms with E-state index in [-0.39, 0.29) is 11.8 Å². The molecule has 42 heavy (non-hydrogen) atoms. The summed E-state index contributed by atoms with van der Waals surface area (Å²) in [5, 5.41) is 11.1. The van der Waals surface area contributed by atoms with E-state index in [4.69, 9.17) is 9.97 Å². The van der Waals surface area contributed by atoms with Gasteiger partial charge in [-0.25, -0.2) is 4.98 Å². The molecule has 1 saturated heterocycles. The fraction of sp³-hybridized carbons (Fsp3) is 0.290. The van der Waals surface area contributed by atoms with Crippen molar-refractivity contribution in [1.82, 2.24) is 19.8 Å². The van der Waals surface area contributed by atoms with Gasteiger partial charge < -0.3 is 30.7 Å². The Bertz CT molecular complexity index is 1560. The number of fused-ring (bicyclic) bond motifs is 1. The van der Waals surface area contributed by atoms with Crippen LogP contribution in [-0.2, 0) is 4.79 Å². The number of amides is 2. The maximum atomic E-state index is 12.9. The van der Waals surface area contributed by atoms with E-state index in [0.29, 0.717) is 29.4 Å². The van der Waals surface area contributed by atoms with E-state index in [2.05, 4.69) is 38.1 Å². The van der Waals surface area contributed by atoms with E-state index in [9.17, 15) is 9.59 Å². The molecule has 1 aliphatic heterocycles. The number of carbonyl (C=O) groups excluding carboxylic acids is 2.